The number of fused-ring (bicyclic) bond motifs is 2. The van der Waals surface area contributed by atoms with E-state index in [-0.39, 0.29) is 17.6 Å². The van der Waals surface area contributed by atoms with E-state index in [0.29, 0.717) is 29.1 Å². The van der Waals surface area contributed by atoms with Gasteiger partial charge in [-0.1, -0.05) is 0 Å². The molecule has 2 saturated carbocycles. The number of piperidine rings is 1. The fourth-order valence-corrected chi connectivity index (χ4v) is 4.46. The SMILES string of the molecule is CC(C)(NC(=O)[C@H]1[C@@H]2CNC[C@@H]21)c1nc(C2CC2)c2c(F)cccn12. The number of amides is 1. The molecule has 3 aliphatic rings. The van der Waals surface area contributed by atoms with Crippen molar-refractivity contribution in [1.29, 1.82) is 0 Å². The lowest BCUT2D eigenvalue weighted by Gasteiger charge is -2.25. The van der Waals surface area contributed by atoms with Gasteiger partial charge in [0.05, 0.1) is 11.2 Å². The molecule has 1 saturated heterocycles. The van der Waals surface area contributed by atoms with Crippen LogP contribution in [0, 0.1) is 23.6 Å². The zero-order valence-electron chi connectivity index (χ0n) is 14.6. The number of pyridine rings is 1. The molecule has 25 heavy (non-hydrogen) atoms. The first kappa shape index (κ1) is 15.3. The predicted molar refractivity (Wildman–Crippen MR) is 91.6 cm³/mol. The van der Waals surface area contributed by atoms with Crippen molar-refractivity contribution in [3.63, 3.8) is 0 Å². The molecule has 3 fully saturated rings. The number of hydrogen-bond acceptors (Lipinski definition) is 3. The van der Waals surface area contributed by atoms with Crippen LogP contribution in [0.1, 0.15) is 44.1 Å². The molecule has 5 nitrogen and oxygen atoms in total. The average Bonchev–Trinajstić information content (AvgIpc) is 3.43. The summed E-state index contributed by atoms with van der Waals surface area (Å²) >= 11 is 0. The highest BCUT2D eigenvalue weighted by molar-refractivity contribution is 5.83. The van der Waals surface area contributed by atoms with Crippen molar-refractivity contribution >= 4 is 11.4 Å². The number of imidazole rings is 1. The molecule has 3 heterocycles. The molecule has 2 aliphatic carbocycles. The van der Waals surface area contributed by atoms with E-state index in [9.17, 15) is 9.18 Å². The van der Waals surface area contributed by atoms with Crippen molar-refractivity contribution in [2.75, 3.05) is 13.1 Å². The summed E-state index contributed by atoms with van der Waals surface area (Å²) in [7, 11) is 0. The van der Waals surface area contributed by atoms with E-state index < -0.39 is 5.54 Å². The van der Waals surface area contributed by atoms with Gasteiger partial charge in [0.2, 0.25) is 5.91 Å². The quantitative estimate of drug-likeness (QED) is 0.895. The highest BCUT2D eigenvalue weighted by Crippen LogP contribution is 2.49. The molecule has 3 atom stereocenters. The van der Waals surface area contributed by atoms with Crippen LogP contribution < -0.4 is 10.6 Å². The number of nitrogens with one attached hydrogen (secondary N) is 2. The third-order valence-corrected chi connectivity index (χ3v) is 6.00. The Labute approximate surface area is 146 Å². The fraction of sp³-hybridized carbons (Fsp3) is 0.579. The molecule has 0 unspecified atom stereocenters. The monoisotopic (exact) mass is 342 g/mol. The Morgan fingerprint density at radius 3 is 2.76 bits per heavy atom. The highest BCUT2D eigenvalue weighted by Gasteiger charge is 2.57. The molecule has 1 aliphatic heterocycles. The van der Waals surface area contributed by atoms with E-state index in [1.165, 1.54) is 6.07 Å². The first-order valence-corrected chi connectivity index (χ1v) is 9.17. The topological polar surface area (TPSA) is 58.4 Å². The van der Waals surface area contributed by atoms with E-state index in [2.05, 4.69) is 10.6 Å². The summed E-state index contributed by atoms with van der Waals surface area (Å²) in [6.07, 6.45) is 3.97. The summed E-state index contributed by atoms with van der Waals surface area (Å²) in [5.74, 6) is 1.99. The highest BCUT2D eigenvalue weighted by atomic mass is 19.1. The number of hydrogen-bond donors (Lipinski definition) is 2. The molecule has 2 aromatic rings. The van der Waals surface area contributed by atoms with Crippen LogP contribution in [-0.2, 0) is 10.3 Å². The van der Waals surface area contributed by atoms with Crippen molar-refractivity contribution in [2.45, 2.75) is 38.1 Å². The van der Waals surface area contributed by atoms with Gasteiger partial charge in [-0.25, -0.2) is 9.37 Å². The third kappa shape index (κ3) is 2.30. The van der Waals surface area contributed by atoms with Crippen LogP contribution in [0.25, 0.3) is 5.52 Å². The third-order valence-electron chi connectivity index (χ3n) is 6.00. The van der Waals surface area contributed by atoms with Crippen molar-refractivity contribution in [3.8, 4) is 0 Å². The molecule has 2 aromatic heterocycles. The summed E-state index contributed by atoms with van der Waals surface area (Å²) in [4.78, 5) is 17.5. The van der Waals surface area contributed by atoms with Crippen LogP contribution >= 0.6 is 0 Å². The molecular formula is C19H23FN4O. The van der Waals surface area contributed by atoms with Crippen LogP contribution in [0.4, 0.5) is 4.39 Å². The maximum Gasteiger partial charge on any atom is 0.224 e. The van der Waals surface area contributed by atoms with Gasteiger partial charge in [0.15, 0.2) is 0 Å². The van der Waals surface area contributed by atoms with Crippen LogP contribution in [0.3, 0.4) is 0 Å². The normalized spacial score (nSPS) is 28.2. The summed E-state index contributed by atoms with van der Waals surface area (Å²) in [6.45, 7) is 5.79. The average molecular weight is 342 g/mol. The van der Waals surface area contributed by atoms with Crippen molar-refractivity contribution in [1.82, 2.24) is 20.0 Å². The van der Waals surface area contributed by atoms with Crippen LogP contribution in [0.5, 0.6) is 0 Å². The van der Waals surface area contributed by atoms with Gasteiger partial charge in [-0.05, 0) is 63.7 Å². The number of halogens is 1. The second kappa shape index (κ2) is 5.04. The Balaban J connectivity index is 1.49. The minimum atomic E-state index is -0.648. The van der Waals surface area contributed by atoms with E-state index >= 15 is 0 Å². The lowest BCUT2D eigenvalue weighted by molar-refractivity contribution is -0.124. The molecule has 0 spiro atoms. The number of rotatable bonds is 4. The number of carbonyl (C=O) groups excluding carboxylic acids is 1. The molecule has 6 heteroatoms. The van der Waals surface area contributed by atoms with Gasteiger partial charge >= 0.3 is 0 Å². The van der Waals surface area contributed by atoms with Crippen molar-refractivity contribution in [2.24, 2.45) is 17.8 Å². The summed E-state index contributed by atoms with van der Waals surface area (Å²) < 4.78 is 16.3. The lowest BCUT2D eigenvalue weighted by Crippen LogP contribution is -2.44. The Hall–Kier alpha value is -1.95. The summed E-state index contributed by atoms with van der Waals surface area (Å²) in [5, 5.41) is 6.49. The summed E-state index contributed by atoms with van der Waals surface area (Å²) in [6, 6.07) is 3.18. The van der Waals surface area contributed by atoms with Gasteiger partial charge in [0.1, 0.15) is 17.2 Å². The molecule has 5 rings (SSSR count). The van der Waals surface area contributed by atoms with E-state index in [1.54, 1.807) is 6.07 Å². The van der Waals surface area contributed by atoms with Gasteiger partial charge in [-0.2, -0.15) is 0 Å². The van der Waals surface area contributed by atoms with E-state index in [4.69, 9.17) is 4.98 Å². The predicted octanol–water partition coefficient (Wildman–Crippen LogP) is 2.17. The second-order valence-electron chi connectivity index (χ2n) is 8.30. The minimum absolute atomic E-state index is 0.0997. The maximum absolute atomic E-state index is 14.4. The zero-order valence-corrected chi connectivity index (χ0v) is 14.6. The number of aromatic nitrogens is 2. The molecule has 132 valence electrons. The van der Waals surface area contributed by atoms with Crippen LogP contribution in [0.2, 0.25) is 0 Å². The van der Waals surface area contributed by atoms with Gasteiger partial charge in [0.25, 0.3) is 0 Å². The molecule has 0 bridgehead atoms. The molecule has 2 N–H and O–H groups in total. The van der Waals surface area contributed by atoms with Crippen LogP contribution in [0.15, 0.2) is 18.3 Å². The second-order valence-corrected chi connectivity index (χ2v) is 8.30. The van der Waals surface area contributed by atoms with Gasteiger partial charge < -0.3 is 10.6 Å². The van der Waals surface area contributed by atoms with E-state index in [1.807, 2.05) is 24.4 Å². The fourth-order valence-electron chi connectivity index (χ4n) is 4.46. The Morgan fingerprint density at radius 2 is 2.08 bits per heavy atom. The summed E-state index contributed by atoms with van der Waals surface area (Å²) in [5.41, 5.74) is 0.753. The van der Waals surface area contributed by atoms with Crippen molar-refractivity contribution < 1.29 is 9.18 Å². The Morgan fingerprint density at radius 1 is 1.36 bits per heavy atom. The largest absolute Gasteiger partial charge is 0.344 e. The number of nitrogens with zero attached hydrogens (tertiary/aromatic N) is 2. The van der Waals surface area contributed by atoms with Gasteiger partial charge in [0, 0.05) is 18.0 Å². The first-order valence-electron chi connectivity index (χ1n) is 9.17. The number of carbonyl (C=O) groups is 1. The van der Waals surface area contributed by atoms with Crippen LogP contribution in [-0.4, -0.2) is 28.4 Å². The smallest absolute Gasteiger partial charge is 0.224 e. The lowest BCUT2D eigenvalue weighted by atomic mass is 10.0. The van der Waals surface area contributed by atoms with Gasteiger partial charge in [-0.3, -0.25) is 9.20 Å². The molecular weight excluding hydrogens is 319 g/mol. The van der Waals surface area contributed by atoms with Gasteiger partial charge in [-0.15, -0.1) is 0 Å². The van der Waals surface area contributed by atoms with E-state index in [0.717, 1.165) is 31.6 Å². The molecule has 0 aromatic carbocycles. The minimum Gasteiger partial charge on any atom is -0.344 e. The molecule has 1 amide bonds. The maximum atomic E-state index is 14.4. The first-order chi connectivity index (χ1) is 12.0. The standard InChI is InChI=1S/C19H23FN4O/c1-19(2,23-17(25)14-11-8-21-9-12(11)14)18-22-15(10-5-6-10)16-13(20)4-3-7-24(16)18/h3-4,7,10-12,14,21H,5-6,8-9H2,1-2H3,(H,23,25)/t11-,12+,14+. The molecule has 0 radical (unpaired) electrons. The zero-order chi connectivity index (χ0) is 17.3. The van der Waals surface area contributed by atoms with Crippen molar-refractivity contribution in [3.05, 3.63) is 35.7 Å². The Kier molecular flexibility index (Phi) is 3.08. The Bertz CT molecular complexity index is 860.